The average Bonchev–Trinajstić information content (AvgIpc) is 3.27. The van der Waals surface area contributed by atoms with Gasteiger partial charge in [-0.15, -0.1) is 0 Å². The molecule has 7 heteroatoms. The number of hydrogen-bond acceptors (Lipinski definition) is 5. The van der Waals surface area contributed by atoms with Crippen molar-refractivity contribution in [2.45, 2.75) is 0 Å². The molecule has 0 saturated heterocycles. The summed E-state index contributed by atoms with van der Waals surface area (Å²) in [6, 6.07) is 15.6. The first-order valence-corrected chi connectivity index (χ1v) is 8.14. The number of H-pyrrole nitrogens is 1. The monoisotopic (exact) mass is 348 g/mol. The Balaban J connectivity index is 1.76. The van der Waals surface area contributed by atoms with Crippen molar-refractivity contribution in [1.82, 2.24) is 19.7 Å². The number of hydrogen-bond donors (Lipinski definition) is 1. The second-order valence-corrected chi connectivity index (χ2v) is 5.99. The van der Waals surface area contributed by atoms with Crippen LogP contribution in [0.4, 0.5) is 0 Å². The quantitative estimate of drug-likeness (QED) is 0.557. The highest BCUT2D eigenvalue weighted by Gasteiger charge is 2.18. The van der Waals surface area contributed by atoms with E-state index in [0.717, 1.165) is 27.9 Å². The molecule has 1 aliphatic heterocycles. The maximum absolute atomic E-state index is 5.49. The van der Waals surface area contributed by atoms with E-state index in [4.69, 9.17) is 21.7 Å². The highest BCUT2D eigenvalue weighted by atomic mass is 32.1. The van der Waals surface area contributed by atoms with Crippen molar-refractivity contribution < 1.29 is 9.47 Å². The van der Waals surface area contributed by atoms with Gasteiger partial charge in [0.15, 0.2) is 22.1 Å². The molecule has 0 fully saturated rings. The number of pyridine rings is 1. The Kier molecular flexibility index (Phi) is 3.07. The molecule has 1 N–H and O–H groups in total. The van der Waals surface area contributed by atoms with Crippen molar-refractivity contribution in [1.29, 1.82) is 0 Å². The smallest absolute Gasteiger partial charge is 0.231 e. The number of rotatable bonds is 2. The number of fused-ring (bicyclic) bond motifs is 2. The van der Waals surface area contributed by atoms with Crippen LogP contribution in [0.25, 0.3) is 28.0 Å². The number of aromatic nitrogens is 4. The third kappa shape index (κ3) is 2.20. The Hall–Kier alpha value is -3.19. The van der Waals surface area contributed by atoms with Gasteiger partial charge in [-0.1, -0.05) is 6.07 Å². The van der Waals surface area contributed by atoms with Gasteiger partial charge in [0.2, 0.25) is 6.79 Å². The summed E-state index contributed by atoms with van der Waals surface area (Å²) in [5, 5.41) is 8.32. The summed E-state index contributed by atoms with van der Waals surface area (Å²) < 4.78 is 13.3. The van der Waals surface area contributed by atoms with Crippen LogP contribution in [0.5, 0.6) is 11.5 Å². The maximum atomic E-state index is 5.49. The van der Waals surface area contributed by atoms with Crippen LogP contribution in [0.15, 0.2) is 54.7 Å². The Morgan fingerprint density at radius 2 is 1.96 bits per heavy atom. The van der Waals surface area contributed by atoms with E-state index in [2.05, 4.69) is 15.2 Å². The van der Waals surface area contributed by atoms with Crippen LogP contribution in [0.3, 0.4) is 0 Å². The third-order valence-corrected chi connectivity index (χ3v) is 4.44. The number of nitrogens with zero attached hydrogens (tertiary/aromatic N) is 3. The van der Waals surface area contributed by atoms with Crippen molar-refractivity contribution in [3.63, 3.8) is 0 Å². The maximum Gasteiger partial charge on any atom is 0.231 e. The van der Waals surface area contributed by atoms with Crippen LogP contribution < -0.4 is 9.47 Å². The number of nitrogens with one attached hydrogen (secondary N) is 1. The largest absolute Gasteiger partial charge is 0.454 e. The predicted octanol–water partition coefficient (Wildman–Crippen LogP) is 3.87. The van der Waals surface area contributed by atoms with Gasteiger partial charge in [0, 0.05) is 17.1 Å². The minimum Gasteiger partial charge on any atom is -0.454 e. The zero-order chi connectivity index (χ0) is 16.8. The highest BCUT2D eigenvalue weighted by molar-refractivity contribution is 7.71. The van der Waals surface area contributed by atoms with E-state index in [1.807, 2.05) is 53.1 Å². The Morgan fingerprint density at radius 1 is 1.04 bits per heavy atom. The second-order valence-electron chi connectivity index (χ2n) is 5.60. The first kappa shape index (κ1) is 14.2. The molecule has 0 bridgehead atoms. The Labute approximate surface area is 147 Å². The van der Waals surface area contributed by atoms with Crippen molar-refractivity contribution >= 4 is 23.1 Å². The molecule has 25 heavy (non-hydrogen) atoms. The fourth-order valence-electron chi connectivity index (χ4n) is 3.03. The first-order chi connectivity index (χ1) is 12.3. The van der Waals surface area contributed by atoms with Gasteiger partial charge in [0.25, 0.3) is 0 Å². The SMILES string of the molecule is S=c1[nH]nc(-c2ccc3c(c2)OCO3)n1-c1cccc2ncccc12. The summed E-state index contributed by atoms with van der Waals surface area (Å²) in [6.45, 7) is 0.237. The summed E-state index contributed by atoms with van der Waals surface area (Å²) >= 11 is 5.49. The van der Waals surface area contributed by atoms with Gasteiger partial charge >= 0.3 is 0 Å². The molecule has 4 aromatic rings. The molecule has 0 spiro atoms. The van der Waals surface area contributed by atoms with Crippen LogP contribution in [-0.2, 0) is 0 Å². The summed E-state index contributed by atoms with van der Waals surface area (Å²) in [5.41, 5.74) is 2.72. The van der Waals surface area contributed by atoms with Crippen molar-refractivity contribution in [3.05, 3.63) is 59.5 Å². The molecule has 2 aromatic heterocycles. The molecular weight excluding hydrogens is 336 g/mol. The molecule has 3 heterocycles. The lowest BCUT2D eigenvalue weighted by Crippen LogP contribution is -1.99. The molecular formula is C18H12N4O2S. The minimum atomic E-state index is 0.237. The molecule has 5 rings (SSSR count). The fraction of sp³-hybridized carbons (Fsp3) is 0.0556. The standard InChI is InChI=1S/C18H12N4O2S/c25-18-21-20-17(11-6-7-15-16(9-11)24-10-23-15)22(18)14-5-1-4-13-12(14)3-2-8-19-13/h1-9H,10H2,(H,21,25). The van der Waals surface area contributed by atoms with E-state index >= 15 is 0 Å². The third-order valence-electron chi connectivity index (χ3n) is 4.17. The van der Waals surface area contributed by atoms with Gasteiger partial charge in [0.1, 0.15) is 0 Å². The molecule has 0 aliphatic carbocycles. The highest BCUT2D eigenvalue weighted by Crippen LogP contribution is 2.36. The van der Waals surface area contributed by atoms with E-state index in [1.54, 1.807) is 6.20 Å². The summed E-state index contributed by atoms with van der Waals surface area (Å²) in [4.78, 5) is 4.42. The van der Waals surface area contributed by atoms with E-state index in [9.17, 15) is 0 Å². The lowest BCUT2D eigenvalue weighted by atomic mass is 10.1. The van der Waals surface area contributed by atoms with Gasteiger partial charge in [-0.25, -0.2) is 0 Å². The lowest BCUT2D eigenvalue weighted by Gasteiger charge is -2.10. The zero-order valence-corrected chi connectivity index (χ0v) is 13.8. The van der Waals surface area contributed by atoms with Crippen LogP contribution in [0.1, 0.15) is 0 Å². The van der Waals surface area contributed by atoms with Crippen LogP contribution in [0, 0.1) is 4.77 Å². The summed E-state index contributed by atoms with van der Waals surface area (Å²) in [7, 11) is 0. The zero-order valence-electron chi connectivity index (χ0n) is 13.0. The molecule has 0 radical (unpaired) electrons. The molecule has 1 aliphatic rings. The van der Waals surface area contributed by atoms with E-state index in [1.165, 1.54) is 0 Å². The van der Waals surface area contributed by atoms with Gasteiger partial charge in [-0.2, -0.15) is 5.10 Å². The summed E-state index contributed by atoms with van der Waals surface area (Å²) in [6.07, 6.45) is 1.78. The molecule has 0 unspecified atom stereocenters. The molecule has 2 aromatic carbocycles. The molecule has 6 nitrogen and oxygen atoms in total. The van der Waals surface area contributed by atoms with Crippen LogP contribution >= 0.6 is 12.2 Å². The first-order valence-electron chi connectivity index (χ1n) is 7.73. The molecule has 0 amide bonds. The fourth-order valence-corrected chi connectivity index (χ4v) is 3.26. The van der Waals surface area contributed by atoms with E-state index in [0.29, 0.717) is 16.3 Å². The Morgan fingerprint density at radius 3 is 2.92 bits per heavy atom. The number of benzene rings is 2. The molecule has 0 saturated carbocycles. The van der Waals surface area contributed by atoms with Gasteiger partial charge in [-0.05, 0) is 54.7 Å². The summed E-state index contributed by atoms with van der Waals surface area (Å²) in [5.74, 6) is 2.15. The van der Waals surface area contributed by atoms with Crippen molar-refractivity contribution in [3.8, 4) is 28.6 Å². The lowest BCUT2D eigenvalue weighted by molar-refractivity contribution is 0.174. The van der Waals surface area contributed by atoms with Crippen LogP contribution in [0.2, 0.25) is 0 Å². The van der Waals surface area contributed by atoms with Gasteiger partial charge in [-0.3, -0.25) is 14.6 Å². The van der Waals surface area contributed by atoms with Crippen molar-refractivity contribution in [2.24, 2.45) is 0 Å². The normalized spacial score (nSPS) is 12.6. The average molecular weight is 348 g/mol. The molecule has 122 valence electrons. The Bertz CT molecular complexity index is 1160. The predicted molar refractivity (Wildman–Crippen MR) is 95.6 cm³/mol. The minimum absolute atomic E-state index is 0.237. The van der Waals surface area contributed by atoms with E-state index < -0.39 is 0 Å². The van der Waals surface area contributed by atoms with E-state index in [-0.39, 0.29) is 6.79 Å². The molecule has 0 atom stereocenters. The van der Waals surface area contributed by atoms with Gasteiger partial charge < -0.3 is 9.47 Å². The second kappa shape index (κ2) is 5.42. The number of aromatic amines is 1. The topological polar surface area (TPSA) is 65.0 Å². The van der Waals surface area contributed by atoms with Crippen molar-refractivity contribution in [2.75, 3.05) is 6.79 Å². The van der Waals surface area contributed by atoms with Gasteiger partial charge in [0.05, 0.1) is 11.2 Å². The van der Waals surface area contributed by atoms with Crippen LogP contribution in [-0.4, -0.2) is 26.5 Å². The number of ether oxygens (including phenoxy) is 2.